The first-order valence-corrected chi connectivity index (χ1v) is 11.4. The molecule has 0 amide bonds. The molecule has 2 heterocycles. The zero-order valence-corrected chi connectivity index (χ0v) is 16.5. The van der Waals surface area contributed by atoms with Gasteiger partial charge < -0.3 is 34.6 Å². The number of aromatic amines is 2. The van der Waals surface area contributed by atoms with Crippen LogP contribution in [0.3, 0.4) is 0 Å². The molecule has 0 spiro atoms. The predicted octanol–water partition coefficient (Wildman–Crippen LogP) is -2.82. The van der Waals surface area contributed by atoms with Crippen LogP contribution in [0.5, 0.6) is 0 Å². The molecule has 1 aromatic heterocycles. The fourth-order valence-corrected chi connectivity index (χ4v) is 4.09. The van der Waals surface area contributed by atoms with E-state index in [4.69, 9.17) is 19.4 Å². The molecule has 0 bridgehead atoms. The number of nitrogens with one attached hydrogen (secondary N) is 2. The van der Waals surface area contributed by atoms with E-state index in [1.54, 1.807) is 0 Å². The van der Waals surface area contributed by atoms with Crippen molar-refractivity contribution in [3.63, 3.8) is 0 Å². The first-order valence-electron chi connectivity index (χ1n) is 7.22. The highest BCUT2D eigenvalue weighted by atomic mass is 31.3. The van der Waals surface area contributed by atoms with Crippen LogP contribution < -0.4 is 11.2 Å². The van der Waals surface area contributed by atoms with E-state index >= 15 is 0 Å². The number of aromatic nitrogens is 2. The minimum absolute atomic E-state index is 0.231. The van der Waals surface area contributed by atoms with Crippen LogP contribution in [0, 0.1) is 0 Å². The number of H-pyrrole nitrogens is 2. The molecule has 5 unspecified atom stereocenters. The van der Waals surface area contributed by atoms with Gasteiger partial charge in [-0.2, -0.15) is 14.3 Å². The van der Waals surface area contributed by atoms with Crippen molar-refractivity contribution < 1.29 is 62.2 Å². The lowest BCUT2D eigenvalue weighted by molar-refractivity contribution is -0.131. The molecule has 0 aliphatic carbocycles. The third kappa shape index (κ3) is 7.18. The van der Waals surface area contributed by atoms with Crippen molar-refractivity contribution in [3.05, 3.63) is 32.6 Å². The van der Waals surface area contributed by atoms with Gasteiger partial charge in [0.1, 0.15) is 31.0 Å². The van der Waals surface area contributed by atoms with Gasteiger partial charge in [-0.1, -0.05) is 4.31 Å². The summed E-state index contributed by atoms with van der Waals surface area (Å²) < 4.78 is 31.5. The molecule has 1 aliphatic rings. The molecule has 9 N–H and O–H groups in total. The van der Waals surface area contributed by atoms with Gasteiger partial charge in [-0.05, 0) is 0 Å². The van der Waals surface area contributed by atoms with Crippen molar-refractivity contribution in [2.24, 2.45) is 0 Å². The number of aliphatic hydroxyl groups is 2. The van der Waals surface area contributed by atoms with E-state index in [1.807, 2.05) is 4.98 Å². The number of rotatable bonds is 9. The Balaban J connectivity index is 1.95. The third-order valence-corrected chi connectivity index (χ3v) is 5.78. The van der Waals surface area contributed by atoms with Crippen molar-refractivity contribution >= 4 is 24.6 Å². The van der Waals surface area contributed by atoms with Crippen LogP contribution in [0.4, 0.5) is 0 Å². The molecular formula is C9H16N2O15P3+. The van der Waals surface area contributed by atoms with Gasteiger partial charge in [0.05, 0.1) is 5.56 Å². The molecule has 20 heteroatoms. The molecule has 1 fully saturated rings. The summed E-state index contributed by atoms with van der Waals surface area (Å²) >= 11 is 0. The largest absolute Gasteiger partial charge is 0.578 e. The van der Waals surface area contributed by atoms with E-state index < -0.39 is 66.9 Å². The average molecular weight is 485 g/mol. The Morgan fingerprint density at radius 3 is 2.48 bits per heavy atom. The van der Waals surface area contributed by atoms with E-state index in [-0.39, 0.29) is 5.56 Å². The standard InChI is InChI=1S/C9H15N2O15P3/c12-5-4(2-22-29(20,21)26-27(16)24-25-28(17,18)19)23-7(6(5)13)3-1-10-9(15)11-8(3)14/h1,4-7,12-13,16,20-21H,2H2,(H3-,10,11,14,15,17,18,19)/p+1. The van der Waals surface area contributed by atoms with Gasteiger partial charge in [0.2, 0.25) is 0 Å². The fraction of sp³-hybridized carbons (Fsp3) is 0.556. The number of hydrogen-bond donors (Lipinski definition) is 9. The lowest BCUT2D eigenvalue weighted by Gasteiger charge is -2.16. The molecule has 0 radical (unpaired) electrons. The first-order chi connectivity index (χ1) is 13.3. The highest BCUT2D eigenvalue weighted by molar-refractivity contribution is 7.62. The van der Waals surface area contributed by atoms with Crippen molar-refractivity contribution in [3.8, 4) is 0 Å². The van der Waals surface area contributed by atoms with Gasteiger partial charge in [-0.15, -0.1) is 9.35 Å². The summed E-state index contributed by atoms with van der Waals surface area (Å²) in [7, 11) is -13.4. The Bertz CT molecular complexity index is 852. The van der Waals surface area contributed by atoms with Crippen molar-refractivity contribution in [1.29, 1.82) is 0 Å². The normalized spacial score (nSPS) is 26.6. The Morgan fingerprint density at radius 1 is 1.24 bits per heavy atom. The van der Waals surface area contributed by atoms with E-state index in [1.165, 1.54) is 0 Å². The lowest BCUT2D eigenvalue weighted by Crippen LogP contribution is -2.34. The molecule has 1 aliphatic heterocycles. The number of aliphatic hydroxyl groups excluding tert-OH is 2. The molecule has 0 saturated carbocycles. The zero-order chi connectivity index (χ0) is 22.0. The summed E-state index contributed by atoms with van der Waals surface area (Å²) in [5, 5.41) is 20.0. The molecular weight excluding hydrogens is 469 g/mol. The molecule has 0 aromatic carbocycles. The maximum atomic E-state index is 11.8. The number of ether oxygens (including phenoxy) is 1. The number of phosphoric acid groups is 1. The van der Waals surface area contributed by atoms with Gasteiger partial charge in [0.15, 0.2) is 0 Å². The van der Waals surface area contributed by atoms with Crippen LogP contribution in [-0.2, 0) is 27.5 Å². The van der Waals surface area contributed by atoms with Crippen LogP contribution in [0.1, 0.15) is 11.7 Å². The highest BCUT2D eigenvalue weighted by Crippen LogP contribution is 2.63. The van der Waals surface area contributed by atoms with Gasteiger partial charge in [0.25, 0.3) is 5.56 Å². The minimum atomic E-state index is -5.14. The van der Waals surface area contributed by atoms with Crippen LogP contribution in [0.15, 0.2) is 15.8 Å². The lowest BCUT2D eigenvalue weighted by atomic mass is 10.0. The molecule has 166 valence electrons. The molecule has 2 rings (SSSR count). The molecule has 17 nitrogen and oxygen atoms in total. The van der Waals surface area contributed by atoms with E-state index in [2.05, 4.69) is 23.2 Å². The molecule has 29 heavy (non-hydrogen) atoms. The Hall–Kier alpha value is -0.710. The quantitative estimate of drug-likeness (QED) is 0.0969. The van der Waals surface area contributed by atoms with Crippen molar-refractivity contribution in [2.45, 2.75) is 24.4 Å². The fourth-order valence-electron chi connectivity index (χ4n) is 2.15. The summed E-state index contributed by atoms with van der Waals surface area (Å²) in [4.78, 5) is 71.8. The second-order valence-corrected chi connectivity index (χ2v) is 9.00. The first kappa shape index (κ1) is 24.6. The topological polar surface area (TPSA) is 271 Å². The Labute approximate surface area is 161 Å². The van der Waals surface area contributed by atoms with Crippen LogP contribution >= 0.6 is 24.6 Å². The summed E-state index contributed by atoms with van der Waals surface area (Å²) in [5.74, 6) is 0. The monoisotopic (exact) mass is 485 g/mol. The SMILES string of the molecule is O=c1[nH]cc(C2OC(CO[P+](O)(O)OP(O)OOP(=O)(O)O)C(O)C2O)c(=O)[nH]1. The van der Waals surface area contributed by atoms with Gasteiger partial charge in [-0.25, -0.2) is 9.36 Å². The number of hydrogen-bond acceptors (Lipinski definition) is 13. The Morgan fingerprint density at radius 2 is 1.90 bits per heavy atom. The Kier molecular flexibility index (Phi) is 8.14. The van der Waals surface area contributed by atoms with E-state index in [9.17, 15) is 34.2 Å². The maximum absolute atomic E-state index is 11.8. The second-order valence-electron chi connectivity index (χ2n) is 5.35. The van der Waals surface area contributed by atoms with Crippen LogP contribution in [0.2, 0.25) is 0 Å². The van der Waals surface area contributed by atoms with Gasteiger partial charge in [0, 0.05) is 6.20 Å². The van der Waals surface area contributed by atoms with Crippen LogP contribution in [-0.4, -0.2) is 69.6 Å². The van der Waals surface area contributed by atoms with E-state index in [0.717, 1.165) is 6.20 Å². The molecule has 5 atom stereocenters. The summed E-state index contributed by atoms with van der Waals surface area (Å²) in [6, 6.07) is 0. The van der Waals surface area contributed by atoms with E-state index in [0.29, 0.717) is 0 Å². The predicted molar refractivity (Wildman–Crippen MR) is 89.1 cm³/mol. The zero-order valence-electron chi connectivity index (χ0n) is 13.8. The summed E-state index contributed by atoms with van der Waals surface area (Å²) in [6.45, 7) is -0.834. The molecule has 1 saturated heterocycles. The summed E-state index contributed by atoms with van der Waals surface area (Å²) in [6.07, 6.45) is -5.19. The van der Waals surface area contributed by atoms with Gasteiger partial charge >= 0.3 is 30.3 Å². The highest BCUT2D eigenvalue weighted by Gasteiger charge is 2.50. The van der Waals surface area contributed by atoms with Crippen molar-refractivity contribution in [2.75, 3.05) is 6.61 Å². The van der Waals surface area contributed by atoms with Crippen LogP contribution in [0.25, 0.3) is 0 Å². The smallest absolute Gasteiger partial charge is 0.387 e. The summed E-state index contributed by atoms with van der Waals surface area (Å²) in [5.41, 5.74) is -1.94. The molecule has 1 aromatic rings. The average Bonchev–Trinajstić information content (AvgIpc) is 2.86. The second kappa shape index (κ2) is 9.62. The maximum Gasteiger partial charge on any atom is 0.578 e. The third-order valence-electron chi connectivity index (χ3n) is 3.29. The minimum Gasteiger partial charge on any atom is -0.387 e. The van der Waals surface area contributed by atoms with Crippen molar-refractivity contribution in [1.82, 2.24) is 9.97 Å². The van der Waals surface area contributed by atoms with Gasteiger partial charge in [-0.3, -0.25) is 9.78 Å².